The van der Waals surface area contributed by atoms with Crippen LogP contribution in [0.15, 0.2) is 60.8 Å². The maximum absolute atomic E-state index is 13.2. The molecule has 2 aliphatic rings. The highest BCUT2D eigenvalue weighted by Gasteiger charge is 2.51. The smallest absolute Gasteiger partial charge is 0.220 e. The van der Waals surface area contributed by atoms with E-state index in [0.717, 1.165) is 64.2 Å². The fourth-order valence-corrected chi connectivity index (χ4v) is 7.94. The maximum Gasteiger partial charge on any atom is 0.220 e. The fraction of sp³-hybridized carbons (Fsp3) is 0.788. The largest absolute Gasteiger partial charge is 0.394 e. The molecule has 2 rings (SSSR count). The molecule has 66 heavy (non-hydrogen) atoms. The molecule has 0 spiro atoms. The van der Waals surface area contributed by atoms with Crippen molar-refractivity contribution in [2.45, 2.75) is 242 Å². The Morgan fingerprint density at radius 2 is 1.02 bits per heavy atom. The maximum atomic E-state index is 13.2. The van der Waals surface area contributed by atoms with Gasteiger partial charge in [-0.3, -0.25) is 4.79 Å². The zero-order valence-corrected chi connectivity index (χ0v) is 40.4. The van der Waals surface area contributed by atoms with Crippen LogP contribution in [0.3, 0.4) is 0 Å². The van der Waals surface area contributed by atoms with Crippen molar-refractivity contribution in [1.82, 2.24) is 5.32 Å². The SMILES string of the molecule is CCCCCC/C=C\C/C=C\CCCCCCCCCC(=O)NC(COC1OC(CO)C(OC2OC(CO)C(O)C(O)C2O)C(O)C1O)C(O)/C=C/CC/C=C/CC/C=C/CCCCCC. The van der Waals surface area contributed by atoms with Crippen molar-refractivity contribution in [3.63, 3.8) is 0 Å². The first-order valence-corrected chi connectivity index (χ1v) is 25.5. The van der Waals surface area contributed by atoms with Crippen LogP contribution in [0.1, 0.15) is 168 Å². The van der Waals surface area contributed by atoms with Gasteiger partial charge in [0.25, 0.3) is 0 Å². The van der Waals surface area contributed by atoms with Crippen molar-refractivity contribution in [3.8, 4) is 0 Å². The summed E-state index contributed by atoms with van der Waals surface area (Å²) < 4.78 is 22.7. The monoisotopic (exact) mass is 938 g/mol. The van der Waals surface area contributed by atoms with E-state index in [2.05, 4.69) is 67.8 Å². The van der Waals surface area contributed by atoms with E-state index in [1.165, 1.54) is 70.6 Å². The summed E-state index contributed by atoms with van der Waals surface area (Å²) in [4.78, 5) is 13.2. The number of hydrogen-bond donors (Lipinski definition) is 9. The standard InChI is InChI=1S/C52H91NO13/c1-3-5-7-9-11-13-15-17-19-20-21-22-24-26-28-30-32-34-36-44(57)53-40(41(56)35-33-31-29-27-25-23-18-16-14-12-10-8-6-4-2)39-63-51-49(62)47(60)50(43(38-55)65-51)66-52-48(61)46(59)45(58)42(37-54)64-52/h13-16,19-20,25,27,33,35,40-43,45-52,54-56,58-62H,3-12,17-18,21-24,26,28-32,34,36-39H2,1-2H3,(H,53,57)/b15-13-,16-14+,20-19-,27-25+,35-33+. The number of allylic oxidation sites excluding steroid dienone is 9. The molecule has 14 heteroatoms. The Hall–Kier alpha value is -2.31. The van der Waals surface area contributed by atoms with E-state index in [1.807, 2.05) is 6.08 Å². The summed E-state index contributed by atoms with van der Waals surface area (Å²) in [7, 11) is 0. The minimum absolute atomic E-state index is 0.259. The zero-order chi connectivity index (χ0) is 48.2. The van der Waals surface area contributed by atoms with E-state index < -0.39 is 86.8 Å². The lowest BCUT2D eigenvalue weighted by molar-refractivity contribution is -0.359. The molecule has 2 aliphatic heterocycles. The first-order chi connectivity index (χ1) is 32.1. The number of aliphatic hydroxyl groups is 8. The number of rotatable bonds is 38. The third-order valence-corrected chi connectivity index (χ3v) is 12.2. The number of carbonyl (C=O) groups is 1. The minimum Gasteiger partial charge on any atom is -0.394 e. The first-order valence-electron chi connectivity index (χ1n) is 25.5. The van der Waals surface area contributed by atoms with Crippen LogP contribution in [0.25, 0.3) is 0 Å². The highest BCUT2D eigenvalue weighted by Crippen LogP contribution is 2.30. The average Bonchev–Trinajstić information content (AvgIpc) is 3.31. The summed E-state index contributed by atoms with van der Waals surface area (Å²) >= 11 is 0. The highest BCUT2D eigenvalue weighted by molar-refractivity contribution is 5.76. The van der Waals surface area contributed by atoms with E-state index in [4.69, 9.17) is 18.9 Å². The van der Waals surface area contributed by atoms with Crippen LogP contribution in [0.5, 0.6) is 0 Å². The van der Waals surface area contributed by atoms with Crippen molar-refractivity contribution >= 4 is 5.91 Å². The molecule has 0 aliphatic carbocycles. The molecule has 1 amide bonds. The lowest BCUT2D eigenvalue weighted by Crippen LogP contribution is -2.65. The molecule has 0 radical (unpaired) electrons. The van der Waals surface area contributed by atoms with Crippen LogP contribution < -0.4 is 5.32 Å². The number of aliphatic hydroxyl groups excluding tert-OH is 8. The molecule has 9 N–H and O–H groups in total. The van der Waals surface area contributed by atoms with Crippen molar-refractivity contribution < 1.29 is 64.6 Å². The second kappa shape index (κ2) is 38.5. The van der Waals surface area contributed by atoms with E-state index in [-0.39, 0.29) is 18.9 Å². The van der Waals surface area contributed by atoms with E-state index >= 15 is 0 Å². The number of amides is 1. The molecule has 0 bridgehead atoms. The second-order valence-electron chi connectivity index (χ2n) is 17.9. The van der Waals surface area contributed by atoms with Crippen molar-refractivity contribution in [2.24, 2.45) is 0 Å². The predicted octanol–water partition coefficient (Wildman–Crippen LogP) is 6.66. The summed E-state index contributed by atoms with van der Waals surface area (Å²) in [5.41, 5.74) is 0. The van der Waals surface area contributed by atoms with Crippen molar-refractivity contribution in [3.05, 3.63) is 60.8 Å². The first kappa shape index (κ1) is 59.8. The van der Waals surface area contributed by atoms with Gasteiger partial charge in [0.2, 0.25) is 5.91 Å². The molecular weight excluding hydrogens is 847 g/mol. The Labute approximate surface area is 396 Å². The number of ether oxygens (including phenoxy) is 4. The normalized spacial score (nSPS) is 27.3. The Morgan fingerprint density at radius 1 is 0.545 bits per heavy atom. The van der Waals surface area contributed by atoms with Crippen molar-refractivity contribution in [2.75, 3.05) is 19.8 Å². The van der Waals surface area contributed by atoms with Crippen LogP contribution in [0.2, 0.25) is 0 Å². The Balaban J connectivity index is 1.87. The minimum atomic E-state index is -1.79. The van der Waals surface area contributed by atoms with Crippen LogP contribution >= 0.6 is 0 Å². The third-order valence-electron chi connectivity index (χ3n) is 12.2. The number of unbranched alkanes of at least 4 members (excludes halogenated alkanes) is 17. The molecule has 12 unspecified atom stereocenters. The van der Waals surface area contributed by atoms with Gasteiger partial charge in [0.15, 0.2) is 12.6 Å². The van der Waals surface area contributed by atoms with Gasteiger partial charge in [-0.25, -0.2) is 0 Å². The Kier molecular flexibility index (Phi) is 34.9. The molecule has 2 fully saturated rings. The topological polar surface area (TPSA) is 228 Å². The summed E-state index contributed by atoms with van der Waals surface area (Å²) in [6, 6.07) is -0.942. The van der Waals surface area contributed by atoms with Gasteiger partial charge in [-0.1, -0.05) is 145 Å². The molecule has 0 aromatic rings. The van der Waals surface area contributed by atoms with E-state index in [9.17, 15) is 45.6 Å². The molecule has 382 valence electrons. The third kappa shape index (κ3) is 25.3. The predicted molar refractivity (Wildman–Crippen MR) is 258 cm³/mol. The fourth-order valence-electron chi connectivity index (χ4n) is 7.94. The van der Waals surface area contributed by atoms with Gasteiger partial charge in [-0.15, -0.1) is 0 Å². The molecule has 0 aromatic carbocycles. The van der Waals surface area contributed by atoms with Crippen LogP contribution in [0, 0.1) is 0 Å². The zero-order valence-electron chi connectivity index (χ0n) is 40.4. The quantitative estimate of drug-likeness (QED) is 0.0234. The van der Waals surface area contributed by atoms with Crippen LogP contribution in [0.4, 0.5) is 0 Å². The van der Waals surface area contributed by atoms with Gasteiger partial charge in [0.1, 0.15) is 48.8 Å². The molecule has 0 saturated carbocycles. The lowest BCUT2D eigenvalue weighted by Gasteiger charge is -2.46. The molecule has 12 atom stereocenters. The molecule has 2 heterocycles. The molecular formula is C52H91NO13. The summed E-state index contributed by atoms with van der Waals surface area (Å²) in [6.45, 7) is 2.70. The van der Waals surface area contributed by atoms with Gasteiger partial charge in [0, 0.05) is 6.42 Å². The van der Waals surface area contributed by atoms with Crippen LogP contribution in [-0.4, -0.2) is 140 Å². The average molecular weight is 938 g/mol. The molecule has 2 saturated heterocycles. The van der Waals surface area contributed by atoms with Crippen LogP contribution in [-0.2, 0) is 23.7 Å². The van der Waals surface area contributed by atoms with Gasteiger partial charge >= 0.3 is 0 Å². The number of nitrogens with one attached hydrogen (secondary N) is 1. The molecule has 0 aromatic heterocycles. The van der Waals surface area contributed by atoms with Gasteiger partial charge in [0.05, 0.1) is 32.0 Å². The summed E-state index contributed by atoms with van der Waals surface area (Å²) in [5, 5.41) is 86.7. The van der Waals surface area contributed by atoms with E-state index in [1.54, 1.807) is 6.08 Å². The Bertz CT molecular complexity index is 1340. The van der Waals surface area contributed by atoms with E-state index in [0.29, 0.717) is 12.8 Å². The molecule has 14 nitrogen and oxygen atoms in total. The second-order valence-corrected chi connectivity index (χ2v) is 17.9. The van der Waals surface area contributed by atoms with Crippen molar-refractivity contribution in [1.29, 1.82) is 0 Å². The van der Waals surface area contributed by atoms with Gasteiger partial charge < -0.3 is 65.1 Å². The number of carbonyl (C=O) groups excluding carboxylic acids is 1. The van der Waals surface area contributed by atoms with Gasteiger partial charge in [-0.2, -0.15) is 0 Å². The summed E-state index contributed by atoms with van der Waals surface area (Å²) in [6.07, 6.45) is 29.7. The lowest BCUT2D eigenvalue weighted by atomic mass is 9.97. The highest BCUT2D eigenvalue weighted by atomic mass is 16.7. The number of hydrogen-bond acceptors (Lipinski definition) is 13. The van der Waals surface area contributed by atoms with Gasteiger partial charge in [-0.05, 0) is 77.0 Å². The Morgan fingerprint density at radius 3 is 1.58 bits per heavy atom. The summed E-state index contributed by atoms with van der Waals surface area (Å²) in [5.74, 6) is -0.265.